The lowest BCUT2D eigenvalue weighted by Crippen LogP contribution is -2.13. The van der Waals surface area contributed by atoms with Gasteiger partial charge in [0.1, 0.15) is 11.4 Å². The van der Waals surface area contributed by atoms with Crippen LogP contribution >= 0.6 is 23.2 Å². The van der Waals surface area contributed by atoms with Gasteiger partial charge in [-0.2, -0.15) is 18.3 Å². The summed E-state index contributed by atoms with van der Waals surface area (Å²) in [6.07, 6.45) is -4.77. The zero-order valence-corrected chi connectivity index (χ0v) is 15.5. The number of halogens is 5. The number of rotatable bonds is 3. The summed E-state index contributed by atoms with van der Waals surface area (Å²) in [5, 5.41) is 11.0. The maximum atomic E-state index is 13.5. The van der Waals surface area contributed by atoms with Crippen molar-refractivity contribution in [2.75, 3.05) is 0 Å². The molecule has 0 saturated heterocycles. The van der Waals surface area contributed by atoms with E-state index < -0.39 is 21.9 Å². The van der Waals surface area contributed by atoms with Crippen molar-refractivity contribution < 1.29 is 21.6 Å². The summed E-state index contributed by atoms with van der Waals surface area (Å²) in [7, 11) is -4.20. The normalized spacial score (nSPS) is 12.4. The van der Waals surface area contributed by atoms with Crippen LogP contribution in [0, 0.1) is 0 Å². The highest BCUT2D eigenvalue weighted by Gasteiger charge is 2.38. The summed E-state index contributed by atoms with van der Waals surface area (Å²) >= 11 is 11.8. The third-order valence-corrected chi connectivity index (χ3v) is 5.41. The maximum absolute atomic E-state index is 13.5. The molecule has 1 aromatic heterocycles. The van der Waals surface area contributed by atoms with Crippen LogP contribution in [0.3, 0.4) is 0 Å². The van der Waals surface area contributed by atoms with E-state index in [1.165, 1.54) is 42.5 Å². The third kappa shape index (κ3) is 3.81. The molecular weight excluding hydrogens is 426 g/mol. The Bertz CT molecular complexity index is 1130. The van der Waals surface area contributed by atoms with Gasteiger partial charge < -0.3 is 0 Å². The first-order valence-corrected chi connectivity index (χ1v) is 9.53. The molecule has 0 spiro atoms. The van der Waals surface area contributed by atoms with E-state index >= 15 is 0 Å². The number of primary sulfonamides is 1. The zero-order valence-electron chi connectivity index (χ0n) is 13.2. The zero-order chi connectivity index (χ0) is 20.0. The number of nitrogens with two attached hydrogens (primary N) is 1. The summed E-state index contributed by atoms with van der Waals surface area (Å²) in [6.45, 7) is 0. The van der Waals surface area contributed by atoms with Gasteiger partial charge in [0.05, 0.1) is 14.9 Å². The van der Waals surface area contributed by atoms with Crippen LogP contribution in [0.25, 0.3) is 22.4 Å². The molecule has 0 bridgehead atoms. The van der Waals surface area contributed by atoms with E-state index in [0.717, 1.165) is 0 Å². The highest BCUT2D eigenvalue weighted by molar-refractivity contribution is 7.89. The Kier molecular flexibility index (Phi) is 4.98. The number of H-pyrrole nitrogens is 1. The molecule has 3 aromatic rings. The van der Waals surface area contributed by atoms with E-state index in [2.05, 4.69) is 5.10 Å². The topological polar surface area (TPSA) is 88.8 Å². The quantitative estimate of drug-likeness (QED) is 0.623. The molecule has 2 aromatic carbocycles. The number of nitrogens with zero attached hydrogens (tertiary/aromatic N) is 1. The second kappa shape index (κ2) is 6.83. The Balaban J connectivity index is 2.37. The summed E-state index contributed by atoms with van der Waals surface area (Å²) in [5.74, 6) is 0. The van der Waals surface area contributed by atoms with E-state index in [-0.39, 0.29) is 37.3 Å². The van der Waals surface area contributed by atoms with Crippen LogP contribution in [0.15, 0.2) is 47.4 Å². The molecule has 3 rings (SSSR count). The lowest BCUT2D eigenvalue weighted by atomic mass is 9.98. The average Bonchev–Trinajstić information content (AvgIpc) is 3.02. The van der Waals surface area contributed by atoms with Gasteiger partial charge in [-0.1, -0.05) is 47.5 Å². The minimum absolute atomic E-state index is 0.0363. The number of aromatic amines is 1. The molecule has 0 saturated carbocycles. The van der Waals surface area contributed by atoms with Crippen molar-refractivity contribution in [3.05, 3.63) is 58.2 Å². The summed E-state index contributed by atoms with van der Waals surface area (Å²) in [4.78, 5) is -0.355. The number of nitrogens with one attached hydrogen (secondary N) is 1. The molecule has 0 fully saturated rings. The molecule has 0 aliphatic carbocycles. The van der Waals surface area contributed by atoms with Crippen LogP contribution in [0.1, 0.15) is 5.69 Å². The highest BCUT2D eigenvalue weighted by Crippen LogP contribution is 2.43. The molecule has 1 heterocycles. The fourth-order valence-corrected chi connectivity index (χ4v) is 3.62. The van der Waals surface area contributed by atoms with Gasteiger partial charge in [-0.15, -0.1) is 0 Å². The Morgan fingerprint density at radius 1 is 1.04 bits per heavy atom. The van der Waals surface area contributed by atoms with Crippen molar-refractivity contribution in [2.45, 2.75) is 11.1 Å². The number of hydrogen-bond acceptors (Lipinski definition) is 3. The SMILES string of the molecule is NS(=O)(=O)c1ccccc1-c1n[nH]c(C(F)(F)F)c1-c1ccc(Cl)c(Cl)c1. The van der Waals surface area contributed by atoms with Crippen LogP contribution < -0.4 is 5.14 Å². The number of hydrogen-bond donors (Lipinski definition) is 2. The van der Waals surface area contributed by atoms with Gasteiger partial charge in [-0.25, -0.2) is 13.6 Å². The maximum Gasteiger partial charge on any atom is 0.433 e. The molecule has 5 nitrogen and oxygen atoms in total. The Labute approximate surface area is 162 Å². The Morgan fingerprint density at radius 3 is 2.30 bits per heavy atom. The molecular formula is C16H10Cl2F3N3O2S. The predicted octanol–water partition coefficient (Wildman–Crippen LogP) is 4.72. The average molecular weight is 436 g/mol. The molecule has 0 amide bonds. The second-order valence-corrected chi connectivity index (χ2v) is 7.83. The fraction of sp³-hybridized carbons (Fsp3) is 0.0625. The number of alkyl halides is 3. The first-order chi connectivity index (χ1) is 12.5. The van der Waals surface area contributed by atoms with E-state index in [4.69, 9.17) is 28.3 Å². The minimum atomic E-state index is -4.77. The summed E-state index contributed by atoms with van der Waals surface area (Å²) in [6, 6.07) is 9.28. The molecule has 0 aliphatic heterocycles. The van der Waals surface area contributed by atoms with E-state index in [0.29, 0.717) is 0 Å². The van der Waals surface area contributed by atoms with Gasteiger partial charge in [0.25, 0.3) is 0 Å². The highest BCUT2D eigenvalue weighted by atomic mass is 35.5. The summed E-state index contributed by atoms with van der Waals surface area (Å²) in [5.41, 5.74) is -1.76. The van der Waals surface area contributed by atoms with E-state index in [1.807, 2.05) is 5.10 Å². The first kappa shape index (κ1) is 19.7. The predicted molar refractivity (Wildman–Crippen MR) is 95.9 cm³/mol. The molecule has 0 atom stereocenters. The van der Waals surface area contributed by atoms with Crippen LogP contribution in [-0.2, 0) is 16.2 Å². The van der Waals surface area contributed by atoms with Gasteiger partial charge in [0.2, 0.25) is 10.0 Å². The Hall–Kier alpha value is -2.07. The number of benzene rings is 2. The first-order valence-electron chi connectivity index (χ1n) is 7.23. The lowest BCUT2D eigenvalue weighted by Gasteiger charge is -2.11. The van der Waals surface area contributed by atoms with Crippen LogP contribution in [0.4, 0.5) is 13.2 Å². The van der Waals surface area contributed by atoms with Gasteiger partial charge in [-0.3, -0.25) is 5.10 Å². The molecule has 0 aliphatic rings. The molecule has 11 heteroatoms. The van der Waals surface area contributed by atoms with Crippen LogP contribution in [-0.4, -0.2) is 18.6 Å². The molecule has 3 N–H and O–H groups in total. The Morgan fingerprint density at radius 2 is 1.70 bits per heavy atom. The van der Waals surface area contributed by atoms with E-state index in [9.17, 15) is 21.6 Å². The second-order valence-electron chi connectivity index (χ2n) is 5.49. The van der Waals surface area contributed by atoms with Crippen LogP contribution in [0.5, 0.6) is 0 Å². The van der Waals surface area contributed by atoms with Crippen molar-refractivity contribution >= 4 is 33.2 Å². The lowest BCUT2D eigenvalue weighted by molar-refractivity contribution is -0.140. The molecule has 0 unspecified atom stereocenters. The van der Waals surface area contributed by atoms with Crippen molar-refractivity contribution in [3.63, 3.8) is 0 Å². The fourth-order valence-electron chi connectivity index (χ4n) is 2.59. The number of aromatic nitrogens is 2. The monoisotopic (exact) mass is 435 g/mol. The van der Waals surface area contributed by atoms with Gasteiger partial charge in [-0.05, 0) is 23.8 Å². The van der Waals surface area contributed by atoms with Gasteiger partial charge in [0.15, 0.2) is 0 Å². The number of sulfonamides is 1. The smallest absolute Gasteiger partial charge is 0.272 e. The van der Waals surface area contributed by atoms with Gasteiger partial charge in [0, 0.05) is 11.1 Å². The molecule has 27 heavy (non-hydrogen) atoms. The van der Waals surface area contributed by atoms with Crippen molar-refractivity contribution in [3.8, 4) is 22.4 Å². The van der Waals surface area contributed by atoms with Crippen molar-refractivity contribution in [2.24, 2.45) is 5.14 Å². The summed E-state index contributed by atoms with van der Waals surface area (Å²) < 4.78 is 64.2. The van der Waals surface area contributed by atoms with Crippen molar-refractivity contribution in [1.29, 1.82) is 0 Å². The largest absolute Gasteiger partial charge is 0.433 e. The van der Waals surface area contributed by atoms with E-state index in [1.54, 1.807) is 0 Å². The van der Waals surface area contributed by atoms with Gasteiger partial charge >= 0.3 is 6.18 Å². The minimum Gasteiger partial charge on any atom is -0.272 e. The third-order valence-electron chi connectivity index (χ3n) is 3.71. The molecule has 0 radical (unpaired) electrons. The molecule has 142 valence electrons. The van der Waals surface area contributed by atoms with Crippen molar-refractivity contribution in [1.82, 2.24) is 10.2 Å². The van der Waals surface area contributed by atoms with Crippen LogP contribution in [0.2, 0.25) is 10.0 Å². The standard InChI is InChI=1S/C16H10Cl2F3N3O2S/c17-10-6-5-8(7-11(10)18)13-14(23-24-15(13)16(19,20)21)9-3-1-2-4-12(9)27(22,25)26/h1-7H,(H,23,24)(H2,22,25,26).